The fourth-order valence-corrected chi connectivity index (χ4v) is 3.20. The number of benzene rings is 1. The number of carbonyl (C=O) groups is 1. The lowest BCUT2D eigenvalue weighted by Gasteiger charge is -2.16. The Morgan fingerprint density at radius 1 is 1.29 bits per heavy atom. The zero-order chi connectivity index (χ0) is 17.1. The molecule has 0 unspecified atom stereocenters. The molecule has 0 spiro atoms. The Hall–Kier alpha value is -2.40. The van der Waals surface area contributed by atoms with Gasteiger partial charge in [-0.05, 0) is 37.5 Å². The molecule has 0 bridgehead atoms. The van der Waals surface area contributed by atoms with Crippen LogP contribution in [-0.4, -0.2) is 35.0 Å². The molecule has 1 aromatic heterocycles. The normalized spacial score (nSPS) is 17.8. The van der Waals surface area contributed by atoms with Crippen LogP contribution in [0.2, 0.25) is 0 Å². The number of H-pyrrole nitrogens is 1. The van der Waals surface area contributed by atoms with E-state index in [-0.39, 0.29) is 17.2 Å². The van der Waals surface area contributed by atoms with Crippen molar-refractivity contribution < 1.29 is 9.53 Å². The van der Waals surface area contributed by atoms with Crippen LogP contribution < -0.4 is 5.56 Å². The maximum atomic E-state index is 12.4. The summed E-state index contributed by atoms with van der Waals surface area (Å²) in [6.45, 7) is 5.98. The zero-order valence-electron chi connectivity index (χ0n) is 14.0. The first-order valence-corrected chi connectivity index (χ1v) is 8.20. The molecule has 5 nitrogen and oxygen atoms in total. The number of carbonyl (C=O) groups excluding carboxylic acids is 1. The monoisotopic (exact) mass is 326 g/mol. The van der Waals surface area contributed by atoms with E-state index in [9.17, 15) is 9.59 Å². The molecule has 1 aliphatic heterocycles. The first-order valence-electron chi connectivity index (χ1n) is 8.20. The van der Waals surface area contributed by atoms with Crippen LogP contribution in [0.4, 0.5) is 0 Å². The summed E-state index contributed by atoms with van der Waals surface area (Å²) in [5.41, 5.74) is 2.37. The van der Waals surface area contributed by atoms with E-state index in [4.69, 9.17) is 4.74 Å². The molecule has 24 heavy (non-hydrogen) atoms. The molecule has 3 rings (SSSR count). The van der Waals surface area contributed by atoms with E-state index < -0.39 is 5.97 Å². The third-order valence-electron chi connectivity index (χ3n) is 4.32. The lowest BCUT2D eigenvalue weighted by atomic mass is 10.1. The summed E-state index contributed by atoms with van der Waals surface area (Å²) in [4.78, 5) is 29.3. The maximum absolute atomic E-state index is 12.4. The average Bonchev–Trinajstić information content (AvgIpc) is 2.94. The number of likely N-dealkylation sites (tertiary alicyclic amines) is 1. The van der Waals surface area contributed by atoms with Gasteiger partial charge in [-0.3, -0.25) is 9.69 Å². The highest BCUT2D eigenvalue weighted by molar-refractivity contribution is 5.90. The second-order valence-electron chi connectivity index (χ2n) is 6.38. The minimum Gasteiger partial charge on any atom is -0.457 e. The van der Waals surface area contributed by atoms with Crippen molar-refractivity contribution in [3.63, 3.8) is 0 Å². The van der Waals surface area contributed by atoms with Gasteiger partial charge in [-0.1, -0.05) is 30.3 Å². The zero-order valence-corrected chi connectivity index (χ0v) is 14.0. The topological polar surface area (TPSA) is 62.4 Å². The van der Waals surface area contributed by atoms with Gasteiger partial charge in [0, 0.05) is 25.3 Å². The van der Waals surface area contributed by atoms with E-state index in [1.807, 2.05) is 18.2 Å². The predicted molar refractivity (Wildman–Crippen MR) is 92.1 cm³/mol. The Bertz CT molecular complexity index is 783. The van der Waals surface area contributed by atoms with Crippen molar-refractivity contribution in [1.29, 1.82) is 0 Å². The number of hydrogen-bond acceptors (Lipinski definition) is 4. The van der Waals surface area contributed by atoms with Crippen LogP contribution in [0.3, 0.4) is 0 Å². The van der Waals surface area contributed by atoms with Crippen LogP contribution in [-0.2, 0) is 11.3 Å². The van der Waals surface area contributed by atoms with Crippen molar-refractivity contribution in [1.82, 2.24) is 9.88 Å². The summed E-state index contributed by atoms with van der Waals surface area (Å²) in [7, 11) is 0. The van der Waals surface area contributed by atoms with Gasteiger partial charge in [0.15, 0.2) is 0 Å². The Morgan fingerprint density at radius 3 is 2.75 bits per heavy atom. The van der Waals surface area contributed by atoms with Gasteiger partial charge in [-0.15, -0.1) is 0 Å². The van der Waals surface area contributed by atoms with Crippen molar-refractivity contribution >= 4 is 5.97 Å². The summed E-state index contributed by atoms with van der Waals surface area (Å²) in [6, 6.07) is 12.0. The van der Waals surface area contributed by atoms with Crippen molar-refractivity contribution in [2.45, 2.75) is 32.9 Å². The van der Waals surface area contributed by atoms with E-state index in [2.05, 4.69) is 22.0 Å². The largest absolute Gasteiger partial charge is 0.457 e. The van der Waals surface area contributed by atoms with Gasteiger partial charge >= 0.3 is 5.97 Å². The lowest BCUT2D eigenvalue weighted by Crippen LogP contribution is -2.28. The standard InChI is InChI=1S/C19H22N2O3/c1-13-10-14(2)20-18(22)17(13)19(23)24-16-8-9-21(12-16)11-15-6-4-3-5-7-15/h3-7,10,16H,8-9,11-12H2,1-2H3,(H,20,22)/t16-/m1/s1. The van der Waals surface area contributed by atoms with Crippen LogP contribution >= 0.6 is 0 Å². The molecule has 1 fully saturated rings. The van der Waals surface area contributed by atoms with Gasteiger partial charge in [0.25, 0.3) is 5.56 Å². The highest BCUT2D eigenvalue weighted by atomic mass is 16.5. The van der Waals surface area contributed by atoms with Crippen LogP contribution in [0.5, 0.6) is 0 Å². The van der Waals surface area contributed by atoms with Crippen molar-refractivity contribution in [2.75, 3.05) is 13.1 Å². The number of ether oxygens (including phenoxy) is 1. The lowest BCUT2D eigenvalue weighted by molar-refractivity contribution is 0.0317. The predicted octanol–water partition coefficient (Wildman–Crippen LogP) is 2.42. The number of rotatable bonds is 4. The Balaban J connectivity index is 1.61. The number of hydrogen-bond donors (Lipinski definition) is 1. The van der Waals surface area contributed by atoms with E-state index in [1.54, 1.807) is 19.9 Å². The van der Waals surface area contributed by atoms with Gasteiger partial charge in [-0.25, -0.2) is 4.79 Å². The molecular formula is C19H22N2O3. The number of esters is 1. The smallest absolute Gasteiger partial charge is 0.344 e. The molecule has 0 amide bonds. The molecule has 1 atom stereocenters. The van der Waals surface area contributed by atoms with Crippen LogP contribution in [0.25, 0.3) is 0 Å². The third kappa shape index (κ3) is 3.74. The first kappa shape index (κ1) is 16.5. The summed E-state index contributed by atoms with van der Waals surface area (Å²) in [5, 5.41) is 0. The molecule has 1 aromatic carbocycles. The second kappa shape index (κ2) is 7.01. The Morgan fingerprint density at radius 2 is 2.04 bits per heavy atom. The van der Waals surface area contributed by atoms with Crippen molar-refractivity contribution in [3.8, 4) is 0 Å². The number of aryl methyl sites for hydroxylation is 2. The number of nitrogens with one attached hydrogen (secondary N) is 1. The van der Waals surface area contributed by atoms with E-state index in [0.29, 0.717) is 12.1 Å². The minimum atomic E-state index is -0.527. The summed E-state index contributed by atoms with van der Waals surface area (Å²) < 4.78 is 5.57. The van der Waals surface area contributed by atoms with Crippen LogP contribution in [0.1, 0.15) is 33.6 Å². The van der Waals surface area contributed by atoms with E-state index in [1.165, 1.54) is 5.56 Å². The fraction of sp³-hybridized carbons (Fsp3) is 0.368. The molecule has 1 aliphatic rings. The minimum absolute atomic E-state index is 0.113. The molecule has 0 radical (unpaired) electrons. The maximum Gasteiger partial charge on any atom is 0.344 e. The molecule has 2 heterocycles. The first-order chi connectivity index (χ1) is 11.5. The summed E-state index contributed by atoms with van der Waals surface area (Å²) >= 11 is 0. The number of aromatic amines is 1. The molecule has 1 N–H and O–H groups in total. The number of aromatic nitrogens is 1. The van der Waals surface area contributed by atoms with Crippen molar-refractivity contribution in [2.24, 2.45) is 0 Å². The summed E-state index contributed by atoms with van der Waals surface area (Å²) in [6.07, 6.45) is 0.628. The molecule has 126 valence electrons. The Labute approximate surface area is 141 Å². The molecule has 2 aromatic rings. The molecule has 0 aliphatic carbocycles. The highest BCUT2D eigenvalue weighted by Crippen LogP contribution is 2.17. The third-order valence-corrected chi connectivity index (χ3v) is 4.32. The van der Waals surface area contributed by atoms with Gasteiger partial charge in [0.1, 0.15) is 11.7 Å². The molecule has 5 heteroatoms. The SMILES string of the molecule is Cc1cc(C)c(C(=O)O[C@@H]2CCN(Cc3ccccc3)C2)c(=O)[nH]1. The van der Waals surface area contributed by atoms with Gasteiger partial charge in [0.05, 0.1) is 0 Å². The quantitative estimate of drug-likeness (QED) is 0.877. The molecule has 0 saturated carbocycles. The van der Waals surface area contributed by atoms with Crippen molar-refractivity contribution in [3.05, 3.63) is 69.1 Å². The van der Waals surface area contributed by atoms with Crippen LogP contribution in [0.15, 0.2) is 41.2 Å². The highest BCUT2D eigenvalue weighted by Gasteiger charge is 2.27. The van der Waals surface area contributed by atoms with Gasteiger partial charge in [0.2, 0.25) is 0 Å². The van der Waals surface area contributed by atoms with E-state index in [0.717, 1.165) is 25.2 Å². The van der Waals surface area contributed by atoms with Gasteiger partial charge in [-0.2, -0.15) is 0 Å². The summed E-state index contributed by atoms with van der Waals surface area (Å²) in [5.74, 6) is -0.527. The number of pyridine rings is 1. The van der Waals surface area contributed by atoms with E-state index >= 15 is 0 Å². The molecule has 1 saturated heterocycles. The number of nitrogens with zero attached hydrogens (tertiary/aromatic N) is 1. The van der Waals surface area contributed by atoms with Crippen LogP contribution in [0, 0.1) is 13.8 Å². The Kier molecular flexibility index (Phi) is 4.81. The average molecular weight is 326 g/mol. The molecular weight excluding hydrogens is 304 g/mol. The fourth-order valence-electron chi connectivity index (χ4n) is 3.20. The second-order valence-corrected chi connectivity index (χ2v) is 6.38. The van der Waals surface area contributed by atoms with Gasteiger partial charge < -0.3 is 9.72 Å².